The third kappa shape index (κ3) is 8.34. The van der Waals surface area contributed by atoms with Crippen LogP contribution in [0.4, 0.5) is 4.39 Å². The smallest absolute Gasteiger partial charge is 0.333 e. The summed E-state index contributed by atoms with van der Waals surface area (Å²) in [5, 5.41) is 9.89. The molecule has 1 N–H and O–H groups in total. The lowest BCUT2D eigenvalue weighted by Crippen LogP contribution is -2.44. The summed E-state index contributed by atoms with van der Waals surface area (Å²) in [5.41, 5.74) is -1.82. The summed E-state index contributed by atoms with van der Waals surface area (Å²) >= 11 is 0. The number of aromatic nitrogens is 2. The summed E-state index contributed by atoms with van der Waals surface area (Å²) in [6.45, 7) is 9.19. The van der Waals surface area contributed by atoms with Gasteiger partial charge in [-0.25, -0.2) is 4.79 Å². The fourth-order valence-corrected chi connectivity index (χ4v) is 4.99. The van der Waals surface area contributed by atoms with Crippen molar-refractivity contribution in [3.8, 4) is 0 Å². The highest BCUT2D eigenvalue weighted by molar-refractivity contribution is 5.69. The Morgan fingerprint density at radius 1 is 1.15 bits per heavy atom. The molecule has 3 rings (SSSR count). The summed E-state index contributed by atoms with van der Waals surface area (Å²) in [4.78, 5) is 37.8. The highest BCUT2D eigenvalue weighted by Gasteiger charge is 2.57. The van der Waals surface area contributed by atoms with Crippen LogP contribution in [0.5, 0.6) is 0 Å². The van der Waals surface area contributed by atoms with Crippen LogP contribution in [0.3, 0.4) is 0 Å². The predicted octanol–water partition coefficient (Wildman–Crippen LogP) is 3.62. The molecule has 7 atom stereocenters. The van der Waals surface area contributed by atoms with Crippen molar-refractivity contribution in [2.75, 3.05) is 13.2 Å². The van der Waals surface area contributed by atoms with Gasteiger partial charge in [-0.2, -0.15) is 4.39 Å². The Kier molecular flexibility index (Phi) is 11.8. The first kappa shape index (κ1) is 32.7. The van der Waals surface area contributed by atoms with Crippen molar-refractivity contribution in [1.82, 2.24) is 9.13 Å². The lowest BCUT2D eigenvalue weighted by Gasteiger charge is -2.27. The Bertz CT molecular complexity index is 1240. The van der Waals surface area contributed by atoms with Gasteiger partial charge in [0.15, 0.2) is 12.0 Å². The molecule has 2 aliphatic heterocycles. The molecule has 0 amide bonds. The minimum Gasteiger partial charge on any atom is -0.466 e. The van der Waals surface area contributed by atoms with Gasteiger partial charge >= 0.3 is 11.7 Å². The molecule has 2 saturated heterocycles. The Morgan fingerprint density at radius 2 is 1.80 bits per heavy atom. The maximum Gasteiger partial charge on any atom is 0.333 e. The van der Waals surface area contributed by atoms with Crippen LogP contribution in [0.2, 0.25) is 0 Å². The quantitative estimate of drug-likeness (QED) is 0.263. The van der Waals surface area contributed by atoms with Crippen molar-refractivity contribution in [1.29, 1.82) is 0 Å². The van der Waals surface area contributed by atoms with Crippen LogP contribution in [-0.2, 0) is 30.3 Å². The molecule has 0 saturated carbocycles. The number of hydrogen-bond acceptors (Lipinski definition) is 8. The number of ether oxygens (including phenoxy) is 4. The van der Waals surface area contributed by atoms with Gasteiger partial charge in [-0.3, -0.25) is 18.7 Å². The maximum absolute atomic E-state index is 14.8. The summed E-state index contributed by atoms with van der Waals surface area (Å²) in [6.07, 6.45) is 11.0. The van der Waals surface area contributed by atoms with E-state index in [2.05, 4.69) is 25.2 Å². The second-order valence-electron chi connectivity index (χ2n) is 10.8. The van der Waals surface area contributed by atoms with E-state index in [4.69, 9.17) is 18.9 Å². The van der Waals surface area contributed by atoms with Crippen LogP contribution >= 0.6 is 0 Å². The molecule has 2 aliphatic rings. The Morgan fingerprint density at radius 3 is 2.46 bits per heavy atom. The van der Waals surface area contributed by atoms with Gasteiger partial charge in [0.25, 0.3) is 5.56 Å². The average Bonchev–Trinajstić information content (AvgIpc) is 3.45. The number of hydrogen-bond donors (Lipinski definition) is 1. The molecule has 0 spiro atoms. The average molecular weight is 579 g/mol. The molecule has 11 heteroatoms. The predicted molar refractivity (Wildman–Crippen MR) is 151 cm³/mol. The third-order valence-electron chi connectivity index (χ3n) is 7.22. The van der Waals surface area contributed by atoms with Gasteiger partial charge < -0.3 is 24.1 Å². The first-order chi connectivity index (χ1) is 19.5. The normalized spacial score (nSPS) is 27.7. The van der Waals surface area contributed by atoms with Crippen molar-refractivity contribution in [2.24, 2.45) is 11.8 Å². The zero-order chi connectivity index (χ0) is 30.2. The van der Waals surface area contributed by atoms with Crippen LogP contribution in [0.25, 0.3) is 0 Å². The van der Waals surface area contributed by atoms with Crippen LogP contribution in [0, 0.1) is 17.7 Å². The fraction of sp³-hybridized carbons (Fsp3) is 0.633. The van der Waals surface area contributed by atoms with Crippen molar-refractivity contribution < 1.29 is 33.2 Å². The minimum absolute atomic E-state index is 0.0360. The summed E-state index contributed by atoms with van der Waals surface area (Å²) in [6, 6.07) is 0. The van der Waals surface area contributed by atoms with Gasteiger partial charge in [-0.15, -0.1) is 0 Å². The topological polar surface area (TPSA) is 118 Å². The highest BCUT2D eigenvalue weighted by atomic mass is 19.1. The number of carbonyl (C=O) groups is 1. The van der Waals surface area contributed by atoms with E-state index < -0.39 is 60.0 Å². The number of aliphatic hydroxyl groups is 1. The molecular formula is C30H43FN2O8. The van der Waals surface area contributed by atoms with Gasteiger partial charge in [0.2, 0.25) is 5.82 Å². The zero-order valence-corrected chi connectivity index (χ0v) is 24.5. The molecule has 0 aliphatic carbocycles. The molecule has 0 radical (unpaired) electrons. The molecule has 3 unspecified atom stereocenters. The monoisotopic (exact) mass is 578 g/mol. The van der Waals surface area contributed by atoms with Gasteiger partial charge in [0.1, 0.15) is 18.3 Å². The molecule has 0 bridgehead atoms. The molecule has 2 fully saturated rings. The SMILES string of the molecule is C/C=C/CC(C)/C=C/CC(C)/C=C/Cn1c(=O)c(F)cn([C@@H]2O[C@H](CO)[C@H]3OC(C)(CCC(=O)OCC)O[C@H]32)c1=O. The molecule has 1 aromatic heterocycles. The van der Waals surface area contributed by atoms with Crippen LogP contribution in [0.1, 0.15) is 66.5 Å². The van der Waals surface area contributed by atoms with E-state index in [-0.39, 0.29) is 31.9 Å². The van der Waals surface area contributed by atoms with Gasteiger partial charge in [0.05, 0.1) is 25.8 Å². The van der Waals surface area contributed by atoms with E-state index in [1.165, 1.54) is 0 Å². The van der Waals surface area contributed by atoms with E-state index in [9.17, 15) is 23.9 Å². The fourth-order valence-electron chi connectivity index (χ4n) is 4.99. The number of carbonyl (C=O) groups excluding carboxylic acids is 1. The summed E-state index contributed by atoms with van der Waals surface area (Å²) < 4.78 is 39.5. The Hall–Kier alpha value is -2.86. The lowest BCUT2D eigenvalue weighted by molar-refractivity contribution is -0.215. The number of fused-ring (bicyclic) bond motifs is 1. The van der Waals surface area contributed by atoms with Crippen molar-refractivity contribution in [3.05, 3.63) is 69.3 Å². The number of esters is 1. The summed E-state index contributed by atoms with van der Waals surface area (Å²) in [5.74, 6) is -2.18. The molecule has 1 aromatic rings. The van der Waals surface area contributed by atoms with Crippen molar-refractivity contribution in [3.63, 3.8) is 0 Å². The molecule has 10 nitrogen and oxygen atoms in total. The molecule has 228 valence electrons. The van der Waals surface area contributed by atoms with Crippen molar-refractivity contribution in [2.45, 2.75) is 97.2 Å². The van der Waals surface area contributed by atoms with Gasteiger partial charge in [-0.1, -0.05) is 50.3 Å². The highest BCUT2D eigenvalue weighted by Crippen LogP contribution is 2.44. The van der Waals surface area contributed by atoms with Crippen LogP contribution in [-0.4, -0.2) is 57.5 Å². The number of aliphatic hydroxyl groups excluding tert-OH is 1. The van der Waals surface area contributed by atoms with Crippen molar-refractivity contribution >= 4 is 5.97 Å². The van der Waals surface area contributed by atoms with E-state index in [1.807, 2.05) is 26.0 Å². The molecule has 0 aromatic carbocycles. The van der Waals surface area contributed by atoms with Crippen LogP contribution < -0.4 is 11.2 Å². The molecule has 41 heavy (non-hydrogen) atoms. The minimum atomic E-state index is -1.22. The van der Waals surface area contributed by atoms with Gasteiger partial charge in [-0.05, 0) is 45.4 Å². The Balaban J connectivity index is 1.75. The first-order valence-corrected chi connectivity index (χ1v) is 14.3. The third-order valence-corrected chi connectivity index (χ3v) is 7.22. The molecular weight excluding hydrogens is 535 g/mol. The standard InChI is InChI=1S/C30H43FN2O8/c1-6-8-11-20(3)12-9-13-21(4)14-10-17-32-27(36)22(31)18-33(29(32)37)28-26-25(23(19-34)39-28)40-30(5,41-26)16-15-24(35)38-7-2/h6,8-10,12,14,18,20-21,23,25-26,28,34H,7,11,13,15-17,19H2,1-5H3/b8-6+,12-9+,14-10+/t20?,21?,23-,25-,26-,28-,30?/m1/s1. The second kappa shape index (κ2) is 14.9. The van der Waals surface area contributed by atoms with E-state index in [0.29, 0.717) is 5.92 Å². The second-order valence-corrected chi connectivity index (χ2v) is 10.8. The number of halogens is 1. The summed E-state index contributed by atoms with van der Waals surface area (Å²) in [7, 11) is 0. The number of nitrogens with zero attached hydrogens (tertiary/aromatic N) is 2. The first-order valence-electron chi connectivity index (χ1n) is 14.3. The number of rotatable bonds is 14. The maximum atomic E-state index is 14.8. The van der Waals surface area contributed by atoms with Gasteiger partial charge in [0, 0.05) is 13.0 Å². The van der Waals surface area contributed by atoms with Crippen LogP contribution in [0.15, 0.2) is 52.2 Å². The number of allylic oxidation sites excluding steroid dienone is 6. The largest absolute Gasteiger partial charge is 0.466 e. The van der Waals surface area contributed by atoms with E-state index in [1.54, 1.807) is 19.9 Å². The lowest BCUT2D eigenvalue weighted by atomic mass is 10.0. The van der Waals surface area contributed by atoms with E-state index in [0.717, 1.165) is 28.2 Å². The molecule has 3 heterocycles. The Labute approximate surface area is 240 Å². The zero-order valence-electron chi connectivity index (χ0n) is 24.5. The van der Waals surface area contributed by atoms with E-state index >= 15 is 0 Å².